The number of carbonyl (C=O) groups is 3. The Labute approximate surface area is 452 Å². The van der Waals surface area contributed by atoms with Crippen LogP contribution in [0, 0.1) is 0 Å². The molecule has 0 heterocycles. The quantitative estimate of drug-likeness (QED) is 0.0197. The average Bonchev–Trinajstić information content (AvgIpc) is 3.39. The highest BCUT2D eigenvalue weighted by molar-refractivity contribution is 7.47. The molecule has 0 radical (unpaired) electrons. The van der Waals surface area contributed by atoms with Crippen molar-refractivity contribution >= 4 is 25.7 Å². The molecule has 0 saturated heterocycles. The summed E-state index contributed by atoms with van der Waals surface area (Å²) in [6.07, 6.45) is 63.0. The summed E-state index contributed by atoms with van der Waals surface area (Å²) in [7, 11) is -4.77. The zero-order chi connectivity index (χ0) is 54.1. The van der Waals surface area contributed by atoms with Gasteiger partial charge in [-0.05, 0) is 77.0 Å². The van der Waals surface area contributed by atoms with Crippen molar-refractivity contribution in [3.05, 3.63) is 72.9 Å². The molecule has 0 saturated carbocycles. The molecular weight excluding hydrogens is 952 g/mol. The van der Waals surface area contributed by atoms with Gasteiger partial charge in [0.2, 0.25) is 0 Å². The Morgan fingerprint density at radius 1 is 0.392 bits per heavy atom. The highest BCUT2D eigenvalue weighted by atomic mass is 31.2. The third-order valence-corrected chi connectivity index (χ3v) is 13.6. The lowest BCUT2D eigenvalue weighted by atomic mass is 10.0. The number of aliphatic hydroxyl groups excluding tert-OH is 1. The standard InChI is InChI=1S/C62H109O11P/c1-4-7-10-13-16-19-22-25-27-29-31-34-36-39-42-45-48-51-60(64)69-55-59(73-62(66)53-50-47-44-41-38-35-32-30-28-26-23-20-17-14-11-8-5-2)57-71-74(67,68)70-56-58(54-63)72-61(65)52-49-46-43-40-37-33-24-21-18-15-12-9-6-3/h9,12,16,18-19,21,25,27,33,37,43,46,58-59,63H,4-8,10-11,13-15,17,20,22-24,26,28-32,34-36,38-42,44-45,47-57H2,1-3H3,(H,67,68)/b12-9-,19-16-,21-18-,27-25-,37-33-,46-43-. The molecule has 0 aliphatic carbocycles. The number of aliphatic hydroxyl groups is 1. The SMILES string of the molecule is CC/C=C\C/C=C\C/C=C\C/C=C\CCC(=O)OC(CO)COP(=O)(O)OCC(COC(=O)CCCCCCCCC/C=C\C/C=C\CCCCC)OC(=O)CCCCCCCCCCCCCCCCCCC. The van der Waals surface area contributed by atoms with Crippen molar-refractivity contribution in [2.24, 2.45) is 0 Å². The van der Waals surface area contributed by atoms with Crippen molar-refractivity contribution in [3.63, 3.8) is 0 Å². The average molecular weight is 1060 g/mol. The normalized spacial score (nSPS) is 13.9. The highest BCUT2D eigenvalue weighted by Gasteiger charge is 2.28. The topological polar surface area (TPSA) is 155 Å². The molecule has 3 atom stereocenters. The van der Waals surface area contributed by atoms with Crippen molar-refractivity contribution in [3.8, 4) is 0 Å². The van der Waals surface area contributed by atoms with E-state index in [2.05, 4.69) is 81.5 Å². The van der Waals surface area contributed by atoms with E-state index in [4.69, 9.17) is 23.3 Å². The molecular formula is C62H109O11P. The fourth-order valence-corrected chi connectivity index (χ4v) is 8.89. The molecule has 0 aromatic carbocycles. The predicted molar refractivity (Wildman–Crippen MR) is 307 cm³/mol. The first-order valence-corrected chi connectivity index (χ1v) is 31.3. The molecule has 0 aliphatic heterocycles. The van der Waals surface area contributed by atoms with Crippen LogP contribution in [0.4, 0.5) is 0 Å². The van der Waals surface area contributed by atoms with Gasteiger partial charge >= 0.3 is 25.7 Å². The van der Waals surface area contributed by atoms with E-state index in [1.165, 1.54) is 128 Å². The number of ether oxygens (including phenoxy) is 3. The van der Waals surface area contributed by atoms with Gasteiger partial charge < -0.3 is 24.2 Å². The fraction of sp³-hybridized carbons (Fsp3) is 0.758. The smallest absolute Gasteiger partial charge is 0.462 e. The van der Waals surface area contributed by atoms with Gasteiger partial charge in [-0.15, -0.1) is 0 Å². The summed E-state index contributed by atoms with van der Waals surface area (Å²) in [4.78, 5) is 48.5. The zero-order valence-electron chi connectivity index (χ0n) is 47.3. The molecule has 0 aliphatic rings. The Kier molecular flexibility index (Phi) is 53.8. The maximum Gasteiger partial charge on any atom is 0.472 e. The van der Waals surface area contributed by atoms with Crippen LogP contribution >= 0.6 is 7.82 Å². The summed E-state index contributed by atoms with van der Waals surface area (Å²) in [5, 5.41) is 9.79. The molecule has 0 aromatic rings. The second-order valence-electron chi connectivity index (χ2n) is 19.8. The van der Waals surface area contributed by atoms with Gasteiger partial charge in [-0.3, -0.25) is 23.4 Å². The lowest BCUT2D eigenvalue weighted by Crippen LogP contribution is -2.30. The summed E-state index contributed by atoms with van der Waals surface area (Å²) < 4.78 is 39.5. The van der Waals surface area contributed by atoms with Crippen molar-refractivity contribution in [2.75, 3.05) is 26.4 Å². The van der Waals surface area contributed by atoms with Crippen molar-refractivity contribution in [1.82, 2.24) is 0 Å². The van der Waals surface area contributed by atoms with Crippen LogP contribution in [0.5, 0.6) is 0 Å². The Hall–Kier alpha value is -3.08. The van der Waals surface area contributed by atoms with Crippen LogP contribution in [0.25, 0.3) is 0 Å². The molecule has 74 heavy (non-hydrogen) atoms. The second kappa shape index (κ2) is 56.1. The van der Waals surface area contributed by atoms with Crippen molar-refractivity contribution in [2.45, 2.75) is 277 Å². The summed E-state index contributed by atoms with van der Waals surface area (Å²) in [5.41, 5.74) is 0. The van der Waals surface area contributed by atoms with Crippen LogP contribution < -0.4 is 0 Å². The monoisotopic (exact) mass is 1060 g/mol. The number of phosphoric ester groups is 1. The van der Waals surface area contributed by atoms with E-state index >= 15 is 0 Å². The van der Waals surface area contributed by atoms with E-state index in [1.54, 1.807) is 0 Å². The molecule has 0 rings (SSSR count). The Morgan fingerprint density at radius 2 is 0.730 bits per heavy atom. The van der Waals surface area contributed by atoms with Gasteiger partial charge in [-0.2, -0.15) is 0 Å². The maximum absolute atomic E-state index is 12.9. The van der Waals surface area contributed by atoms with Gasteiger partial charge in [0.05, 0.1) is 19.8 Å². The minimum absolute atomic E-state index is 0.0551. The van der Waals surface area contributed by atoms with Gasteiger partial charge in [0.1, 0.15) is 12.7 Å². The molecule has 0 spiro atoms. The summed E-state index contributed by atoms with van der Waals surface area (Å²) in [6.45, 7) is 4.44. The molecule has 0 amide bonds. The van der Waals surface area contributed by atoms with E-state index in [1.807, 2.05) is 12.2 Å². The third-order valence-electron chi connectivity index (χ3n) is 12.6. The van der Waals surface area contributed by atoms with Crippen LogP contribution in [-0.4, -0.2) is 66.5 Å². The summed E-state index contributed by atoms with van der Waals surface area (Å²) in [5.74, 6) is -1.55. The Balaban J connectivity index is 4.77. The van der Waals surface area contributed by atoms with E-state index in [-0.39, 0.29) is 25.9 Å². The highest BCUT2D eigenvalue weighted by Crippen LogP contribution is 2.43. The van der Waals surface area contributed by atoms with Crippen LogP contribution in [0.1, 0.15) is 265 Å². The number of unbranched alkanes of at least 4 members (excludes halogenated alkanes) is 26. The van der Waals surface area contributed by atoms with Gasteiger partial charge in [0.25, 0.3) is 0 Å². The second-order valence-corrected chi connectivity index (χ2v) is 21.2. The number of esters is 3. The number of allylic oxidation sites excluding steroid dienone is 12. The predicted octanol–water partition coefficient (Wildman–Crippen LogP) is 17.7. The maximum atomic E-state index is 12.9. The van der Waals surface area contributed by atoms with Crippen molar-refractivity contribution in [1.29, 1.82) is 0 Å². The first-order valence-electron chi connectivity index (χ1n) is 29.8. The Bertz CT molecular complexity index is 1520. The third kappa shape index (κ3) is 53.7. The van der Waals surface area contributed by atoms with E-state index in [0.717, 1.165) is 77.0 Å². The Morgan fingerprint density at radius 3 is 1.19 bits per heavy atom. The molecule has 3 unspecified atom stereocenters. The lowest BCUT2D eigenvalue weighted by Gasteiger charge is -2.21. The van der Waals surface area contributed by atoms with Gasteiger partial charge in [-0.25, -0.2) is 4.57 Å². The van der Waals surface area contributed by atoms with Crippen LogP contribution in [0.15, 0.2) is 72.9 Å². The van der Waals surface area contributed by atoms with E-state index in [9.17, 15) is 28.9 Å². The van der Waals surface area contributed by atoms with Gasteiger partial charge in [0, 0.05) is 19.3 Å². The number of hydrogen-bond donors (Lipinski definition) is 2. The van der Waals surface area contributed by atoms with Crippen LogP contribution in [0.3, 0.4) is 0 Å². The largest absolute Gasteiger partial charge is 0.472 e. The zero-order valence-corrected chi connectivity index (χ0v) is 48.2. The number of hydrogen-bond acceptors (Lipinski definition) is 10. The first-order chi connectivity index (χ1) is 36.2. The first kappa shape index (κ1) is 70.9. The number of rotatable bonds is 55. The minimum atomic E-state index is -4.77. The number of phosphoric acid groups is 1. The molecule has 0 fully saturated rings. The minimum Gasteiger partial charge on any atom is -0.462 e. The molecule has 2 N–H and O–H groups in total. The fourth-order valence-electron chi connectivity index (χ4n) is 8.11. The molecule has 428 valence electrons. The molecule has 11 nitrogen and oxygen atoms in total. The molecule has 12 heteroatoms. The van der Waals surface area contributed by atoms with Gasteiger partial charge in [0.15, 0.2) is 6.10 Å². The molecule has 0 bridgehead atoms. The van der Waals surface area contributed by atoms with E-state index < -0.39 is 57.8 Å². The lowest BCUT2D eigenvalue weighted by molar-refractivity contribution is -0.161. The van der Waals surface area contributed by atoms with Crippen LogP contribution in [0.2, 0.25) is 0 Å². The summed E-state index contributed by atoms with van der Waals surface area (Å²) in [6, 6.07) is 0. The molecule has 0 aromatic heterocycles. The van der Waals surface area contributed by atoms with Gasteiger partial charge in [-0.1, -0.05) is 241 Å². The van der Waals surface area contributed by atoms with E-state index in [0.29, 0.717) is 19.3 Å². The van der Waals surface area contributed by atoms with Crippen LogP contribution in [-0.2, 0) is 42.2 Å². The summed E-state index contributed by atoms with van der Waals surface area (Å²) >= 11 is 0. The van der Waals surface area contributed by atoms with Crippen molar-refractivity contribution < 1.29 is 52.2 Å². The number of carbonyl (C=O) groups excluding carboxylic acids is 3.